The summed E-state index contributed by atoms with van der Waals surface area (Å²) in [4.78, 5) is 8.13. The van der Waals surface area contributed by atoms with Crippen molar-refractivity contribution in [2.24, 2.45) is 0 Å². The highest BCUT2D eigenvalue weighted by Crippen LogP contribution is 2.25. The Morgan fingerprint density at radius 1 is 1.23 bits per heavy atom. The number of benzene rings is 1. The van der Waals surface area contributed by atoms with Gasteiger partial charge in [-0.1, -0.05) is 6.07 Å². The molecule has 3 N–H and O–H groups in total. The minimum Gasteiger partial charge on any atom is -0.435 e. The summed E-state index contributed by atoms with van der Waals surface area (Å²) < 4.78 is 68.5. The van der Waals surface area contributed by atoms with Crippen molar-refractivity contribution in [2.75, 3.05) is 18.1 Å². The smallest absolute Gasteiger partial charge is 0.387 e. The first kappa shape index (κ1) is 21.4. The van der Waals surface area contributed by atoms with Crippen molar-refractivity contribution >= 4 is 16.0 Å². The van der Waals surface area contributed by atoms with Gasteiger partial charge in [-0.2, -0.15) is 14.0 Å². The molecule has 0 saturated carbocycles. The molecule has 0 radical (unpaired) electrons. The summed E-state index contributed by atoms with van der Waals surface area (Å²) in [5.41, 5.74) is 0.443. The summed E-state index contributed by atoms with van der Waals surface area (Å²) in [7, 11) is -3.60. The van der Waals surface area contributed by atoms with E-state index < -0.39 is 28.5 Å². The molecule has 1 aromatic carbocycles. The highest BCUT2D eigenvalue weighted by Gasteiger charge is 2.20. The number of alkyl halides is 2. The number of nitrogens with zero attached hydrogens (tertiary/aromatic N) is 5. The van der Waals surface area contributed by atoms with E-state index in [0.29, 0.717) is 5.56 Å². The van der Waals surface area contributed by atoms with E-state index in [0.717, 1.165) is 18.4 Å². The summed E-state index contributed by atoms with van der Waals surface area (Å²) in [6, 6.07) is 2.15. The first-order chi connectivity index (χ1) is 14.2. The largest absolute Gasteiger partial charge is 0.435 e. The van der Waals surface area contributed by atoms with E-state index in [2.05, 4.69) is 45.4 Å². The van der Waals surface area contributed by atoms with Crippen molar-refractivity contribution < 1.29 is 26.3 Å². The lowest BCUT2D eigenvalue weighted by Gasteiger charge is -2.20. The highest BCUT2D eigenvalue weighted by atomic mass is 32.2. The molecule has 0 bridgehead atoms. The summed E-state index contributed by atoms with van der Waals surface area (Å²) in [5.74, 6) is -0.946. The summed E-state index contributed by atoms with van der Waals surface area (Å²) in [6.07, 6.45) is 3.71. The Balaban J connectivity index is 1.83. The number of aromatic amines is 1. The molecule has 3 aromatic rings. The SMILES string of the molecule is CS(=O)(=O)NCC(Nc1ncc(-c2nn[nH]n2)cn1)c1ccc(OC(F)F)cc1F. The normalized spacial score (nSPS) is 12.7. The molecule has 0 aliphatic rings. The number of sulfonamides is 1. The molecule has 0 aliphatic heterocycles. The topological polar surface area (TPSA) is 148 Å². The van der Waals surface area contributed by atoms with Crippen LogP contribution in [-0.2, 0) is 10.0 Å². The molecule has 3 rings (SSSR count). The third-order valence-electron chi connectivity index (χ3n) is 3.68. The van der Waals surface area contributed by atoms with Gasteiger partial charge >= 0.3 is 6.61 Å². The van der Waals surface area contributed by atoms with E-state index in [4.69, 9.17) is 0 Å². The van der Waals surface area contributed by atoms with Gasteiger partial charge in [0.1, 0.15) is 11.6 Å². The van der Waals surface area contributed by atoms with E-state index in [9.17, 15) is 21.6 Å². The number of H-pyrrole nitrogens is 1. The Kier molecular flexibility index (Phi) is 6.41. The van der Waals surface area contributed by atoms with Gasteiger partial charge in [-0.3, -0.25) is 0 Å². The van der Waals surface area contributed by atoms with Crippen LogP contribution in [0.1, 0.15) is 11.6 Å². The molecule has 0 aliphatic carbocycles. The van der Waals surface area contributed by atoms with Crippen LogP contribution in [0.2, 0.25) is 0 Å². The summed E-state index contributed by atoms with van der Waals surface area (Å²) >= 11 is 0. The lowest BCUT2D eigenvalue weighted by atomic mass is 10.1. The quantitative estimate of drug-likeness (QED) is 0.441. The van der Waals surface area contributed by atoms with Crippen molar-refractivity contribution in [3.8, 4) is 17.1 Å². The van der Waals surface area contributed by atoms with E-state index >= 15 is 0 Å². The minimum absolute atomic E-state index is 0.0152. The van der Waals surface area contributed by atoms with Crippen molar-refractivity contribution in [2.45, 2.75) is 12.7 Å². The van der Waals surface area contributed by atoms with Crippen LogP contribution >= 0.6 is 0 Å². The van der Waals surface area contributed by atoms with Gasteiger partial charge < -0.3 is 10.1 Å². The fraction of sp³-hybridized carbons (Fsp3) is 0.267. The van der Waals surface area contributed by atoms with Gasteiger partial charge in [-0.05, 0) is 11.3 Å². The molecule has 1 atom stereocenters. The van der Waals surface area contributed by atoms with Crippen molar-refractivity contribution in [3.63, 3.8) is 0 Å². The third kappa shape index (κ3) is 5.84. The molecule has 0 amide bonds. The Morgan fingerprint density at radius 2 is 1.97 bits per heavy atom. The Labute approximate surface area is 168 Å². The third-order valence-corrected chi connectivity index (χ3v) is 4.37. The van der Waals surface area contributed by atoms with Gasteiger partial charge in [0.15, 0.2) is 0 Å². The Morgan fingerprint density at radius 3 is 2.53 bits per heavy atom. The zero-order chi connectivity index (χ0) is 21.7. The van der Waals surface area contributed by atoms with Crippen LogP contribution < -0.4 is 14.8 Å². The summed E-state index contributed by atoms with van der Waals surface area (Å²) in [5, 5.41) is 16.1. The van der Waals surface area contributed by atoms with Crippen molar-refractivity contribution in [3.05, 3.63) is 42.0 Å². The maximum Gasteiger partial charge on any atom is 0.387 e. The van der Waals surface area contributed by atoms with Gasteiger partial charge in [0.05, 0.1) is 17.9 Å². The average Bonchev–Trinajstić information content (AvgIpc) is 3.20. The van der Waals surface area contributed by atoms with Gasteiger partial charge in [0.25, 0.3) is 0 Å². The lowest BCUT2D eigenvalue weighted by Crippen LogP contribution is -2.31. The van der Waals surface area contributed by atoms with Crippen LogP contribution in [0.25, 0.3) is 11.4 Å². The monoisotopic (exact) mass is 444 g/mol. The summed E-state index contributed by atoms with van der Waals surface area (Å²) in [6.45, 7) is -3.37. The van der Waals surface area contributed by atoms with Gasteiger partial charge in [0, 0.05) is 30.6 Å². The van der Waals surface area contributed by atoms with Crippen LogP contribution in [0.3, 0.4) is 0 Å². The van der Waals surface area contributed by atoms with Crippen LogP contribution in [0.4, 0.5) is 19.1 Å². The minimum atomic E-state index is -3.60. The number of nitrogens with one attached hydrogen (secondary N) is 3. The predicted molar refractivity (Wildman–Crippen MR) is 97.4 cm³/mol. The number of halogens is 3. The molecule has 1 unspecified atom stereocenters. The number of tetrazole rings is 1. The zero-order valence-corrected chi connectivity index (χ0v) is 16.1. The van der Waals surface area contributed by atoms with E-state index in [1.807, 2.05) is 0 Å². The molecule has 0 fully saturated rings. The molecule has 0 saturated heterocycles. The van der Waals surface area contributed by atoms with Gasteiger partial charge in [-0.25, -0.2) is 27.5 Å². The molecule has 2 aromatic heterocycles. The first-order valence-electron chi connectivity index (χ1n) is 8.22. The first-order valence-corrected chi connectivity index (χ1v) is 10.1. The molecule has 30 heavy (non-hydrogen) atoms. The molecule has 160 valence electrons. The van der Waals surface area contributed by atoms with Crippen LogP contribution in [0, 0.1) is 5.82 Å². The second kappa shape index (κ2) is 9.00. The number of hydrogen-bond donors (Lipinski definition) is 3. The Bertz CT molecular complexity index is 1080. The number of aromatic nitrogens is 6. The average molecular weight is 444 g/mol. The molecule has 15 heteroatoms. The number of ether oxygens (including phenoxy) is 1. The van der Waals surface area contributed by atoms with Crippen molar-refractivity contribution in [1.29, 1.82) is 0 Å². The maximum atomic E-state index is 14.5. The van der Waals surface area contributed by atoms with Crippen LogP contribution in [-0.4, -0.2) is 58.4 Å². The van der Waals surface area contributed by atoms with E-state index in [1.54, 1.807) is 0 Å². The molecular weight excluding hydrogens is 429 g/mol. The highest BCUT2D eigenvalue weighted by molar-refractivity contribution is 7.88. The number of hydrogen-bond acceptors (Lipinski definition) is 9. The maximum absolute atomic E-state index is 14.5. The number of rotatable bonds is 9. The van der Waals surface area contributed by atoms with Crippen molar-refractivity contribution in [1.82, 2.24) is 35.3 Å². The fourth-order valence-electron chi connectivity index (χ4n) is 2.40. The zero-order valence-electron chi connectivity index (χ0n) is 15.3. The second-order valence-corrected chi connectivity index (χ2v) is 7.74. The molecule has 2 heterocycles. The van der Waals surface area contributed by atoms with Crippen LogP contribution in [0.5, 0.6) is 5.75 Å². The standard InChI is InChI=1S/C15H15F3N8O3S/c1-30(27,28)21-7-12(10-3-2-9(4-11(10)16)29-14(17)18)22-15-19-5-8(6-20-15)13-23-25-26-24-13/h2-6,12,14,21H,7H2,1H3,(H,19,20,22)(H,23,24,25,26). The van der Waals surface area contributed by atoms with Gasteiger partial charge in [0.2, 0.25) is 21.8 Å². The molecule has 11 nitrogen and oxygen atoms in total. The predicted octanol–water partition coefficient (Wildman–Crippen LogP) is 1.10. The molecular formula is C15H15F3N8O3S. The Hall–Kier alpha value is -3.33. The fourth-order valence-corrected chi connectivity index (χ4v) is 2.87. The van der Waals surface area contributed by atoms with Gasteiger partial charge in [-0.15, -0.1) is 10.2 Å². The number of anilines is 1. The van der Waals surface area contributed by atoms with E-state index in [1.165, 1.54) is 18.5 Å². The van der Waals surface area contributed by atoms with Crippen LogP contribution in [0.15, 0.2) is 30.6 Å². The second-order valence-electron chi connectivity index (χ2n) is 5.91. The van der Waals surface area contributed by atoms with E-state index in [-0.39, 0.29) is 29.6 Å². The molecule has 0 spiro atoms. The lowest BCUT2D eigenvalue weighted by molar-refractivity contribution is -0.0500.